The second-order valence-electron chi connectivity index (χ2n) is 6.40. The molecule has 3 N–H and O–H groups in total. The van der Waals surface area contributed by atoms with Crippen LogP contribution >= 0.6 is 0 Å². The molecule has 0 aliphatic rings. The summed E-state index contributed by atoms with van der Waals surface area (Å²) in [5.74, 6) is -0.931. The van der Waals surface area contributed by atoms with E-state index >= 15 is 0 Å². The van der Waals surface area contributed by atoms with Crippen LogP contribution in [0.3, 0.4) is 0 Å². The monoisotopic (exact) mass is 392 g/mol. The van der Waals surface area contributed by atoms with Crippen molar-refractivity contribution < 1.29 is 23.8 Å². The number of nitrogens with one attached hydrogen (secondary N) is 2. The number of phenolic OH excluding ortho intramolecular Hbond substituents is 1. The number of carbonyl (C=O) groups excluding carboxylic acids is 2. The van der Waals surface area contributed by atoms with Crippen molar-refractivity contribution in [3.05, 3.63) is 88.7 Å². The number of amides is 1. The Labute approximate surface area is 167 Å². The van der Waals surface area contributed by atoms with Crippen molar-refractivity contribution in [2.24, 2.45) is 0 Å². The van der Waals surface area contributed by atoms with Crippen molar-refractivity contribution in [2.75, 3.05) is 7.11 Å². The van der Waals surface area contributed by atoms with E-state index in [-0.39, 0.29) is 34.0 Å². The van der Waals surface area contributed by atoms with E-state index in [2.05, 4.69) is 5.32 Å². The maximum atomic E-state index is 12.8. The number of benzene rings is 2. The molecule has 148 valence electrons. The van der Waals surface area contributed by atoms with Crippen LogP contribution in [0.1, 0.15) is 44.8 Å². The molecule has 7 nitrogen and oxygen atoms in total. The Morgan fingerprint density at radius 3 is 2.52 bits per heavy atom. The number of hydrogen-bond donors (Lipinski definition) is 3. The molecule has 0 fully saturated rings. The van der Waals surface area contributed by atoms with Crippen LogP contribution in [0.5, 0.6) is 11.5 Å². The molecule has 1 aromatic heterocycles. The number of aromatic hydroxyl groups is 1. The first-order chi connectivity index (χ1) is 13.9. The maximum absolute atomic E-state index is 12.8. The molecule has 7 heteroatoms. The fraction of sp³-hybridized carbons (Fsp3) is 0.136. The van der Waals surface area contributed by atoms with Crippen molar-refractivity contribution in [2.45, 2.75) is 13.0 Å². The molecule has 1 unspecified atom stereocenters. The minimum Gasteiger partial charge on any atom is -0.507 e. The highest BCUT2D eigenvalue weighted by Crippen LogP contribution is 2.25. The van der Waals surface area contributed by atoms with E-state index in [9.17, 15) is 14.7 Å². The topological polar surface area (TPSA) is 113 Å². The van der Waals surface area contributed by atoms with E-state index < -0.39 is 11.7 Å². The summed E-state index contributed by atoms with van der Waals surface area (Å²) >= 11 is 0. The normalized spacial score (nSPS) is 11.5. The van der Waals surface area contributed by atoms with Crippen molar-refractivity contribution >= 4 is 11.7 Å². The molecule has 29 heavy (non-hydrogen) atoms. The molecule has 1 amide bonds. The molecule has 0 aliphatic carbocycles. The zero-order chi connectivity index (χ0) is 21.0. The van der Waals surface area contributed by atoms with Crippen LogP contribution in [0.25, 0.3) is 0 Å². The van der Waals surface area contributed by atoms with Gasteiger partial charge in [-0.3, -0.25) is 15.0 Å². The minimum absolute atomic E-state index is 0.00120. The van der Waals surface area contributed by atoms with Gasteiger partial charge < -0.3 is 19.6 Å². The molecule has 0 bridgehead atoms. The van der Waals surface area contributed by atoms with Gasteiger partial charge in [-0.15, -0.1) is 0 Å². The Bertz CT molecular complexity index is 1110. The number of phenols is 1. The summed E-state index contributed by atoms with van der Waals surface area (Å²) in [6, 6.07) is 14.6. The summed E-state index contributed by atoms with van der Waals surface area (Å²) in [6.45, 7) is 1.82. The summed E-state index contributed by atoms with van der Waals surface area (Å²) in [6.07, 6.45) is 1.08. The zero-order valence-electron chi connectivity index (χ0n) is 15.9. The highest BCUT2D eigenvalue weighted by molar-refractivity contribution is 6.11. The lowest BCUT2D eigenvalue weighted by atomic mass is 10.0. The average molecular weight is 392 g/mol. The third-order valence-electron chi connectivity index (χ3n) is 4.45. The molecular formula is C22H20N2O5. The number of carbonyl (C=O) groups is 2. The molecule has 0 saturated heterocycles. The second-order valence-corrected chi connectivity index (χ2v) is 6.40. The molecule has 3 rings (SSSR count). The van der Waals surface area contributed by atoms with Gasteiger partial charge in [-0.1, -0.05) is 30.3 Å². The highest BCUT2D eigenvalue weighted by Gasteiger charge is 2.20. The van der Waals surface area contributed by atoms with Gasteiger partial charge in [-0.2, -0.15) is 0 Å². The zero-order valence-corrected chi connectivity index (χ0v) is 15.9. The van der Waals surface area contributed by atoms with Gasteiger partial charge in [0.15, 0.2) is 5.78 Å². The Morgan fingerprint density at radius 1 is 1.10 bits per heavy atom. The molecule has 0 spiro atoms. The van der Waals surface area contributed by atoms with Crippen molar-refractivity contribution in [3.63, 3.8) is 0 Å². The van der Waals surface area contributed by atoms with Crippen LogP contribution in [0.4, 0.5) is 0 Å². The van der Waals surface area contributed by atoms with Gasteiger partial charge in [0.25, 0.3) is 5.91 Å². The predicted molar refractivity (Wildman–Crippen MR) is 105 cm³/mol. The van der Waals surface area contributed by atoms with Crippen LogP contribution in [0.2, 0.25) is 0 Å². The molecule has 1 heterocycles. The minimum atomic E-state index is -0.560. The smallest absolute Gasteiger partial charge is 0.257 e. The Morgan fingerprint density at radius 2 is 1.83 bits per heavy atom. The van der Waals surface area contributed by atoms with Gasteiger partial charge in [0.2, 0.25) is 5.55 Å². The molecule has 0 radical (unpaired) electrons. The van der Waals surface area contributed by atoms with Gasteiger partial charge >= 0.3 is 0 Å². The first kappa shape index (κ1) is 19.9. The number of ether oxygens (including phenoxy) is 1. The van der Waals surface area contributed by atoms with Crippen LogP contribution in [0.15, 0.2) is 65.3 Å². The van der Waals surface area contributed by atoms with Crippen LogP contribution in [0, 0.1) is 5.41 Å². The summed E-state index contributed by atoms with van der Waals surface area (Å²) in [4.78, 5) is 25.5. The lowest BCUT2D eigenvalue weighted by molar-refractivity contribution is 0.0935. The second kappa shape index (κ2) is 8.43. The highest BCUT2D eigenvalue weighted by atomic mass is 16.5. The Hall–Kier alpha value is -3.87. The molecular weight excluding hydrogens is 372 g/mol. The number of methoxy groups -OCH3 is 1. The summed E-state index contributed by atoms with van der Waals surface area (Å²) in [5, 5.41) is 20.7. The van der Waals surface area contributed by atoms with Gasteiger partial charge in [0.05, 0.1) is 24.3 Å². The van der Waals surface area contributed by atoms with Gasteiger partial charge in [-0.05, 0) is 36.8 Å². The third kappa shape index (κ3) is 4.35. The average Bonchev–Trinajstić information content (AvgIpc) is 2.74. The van der Waals surface area contributed by atoms with E-state index in [0.29, 0.717) is 5.75 Å². The fourth-order valence-corrected chi connectivity index (χ4v) is 2.81. The third-order valence-corrected chi connectivity index (χ3v) is 4.45. The fourth-order valence-electron chi connectivity index (χ4n) is 2.81. The Kier molecular flexibility index (Phi) is 5.78. The van der Waals surface area contributed by atoms with E-state index in [1.54, 1.807) is 0 Å². The quantitative estimate of drug-likeness (QED) is 0.558. The van der Waals surface area contributed by atoms with E-state index in [1.165, 1.54) is 31.4 Å². The van der Waals surface area contributed by atoms with Crippen LogP contribution in [-0.2, 0) is 0 Å². The Balaban J connectivity index is 1.89. The number of hydrogen-bond acceptors (Lipinski definition) is 6. The first-order valence-corrected chi connectivity index (χ1v) is 8.85. The first-order valence-electron chi connectivity index (χ1n) is 8.85. The lowest BCUT2D eigenvalue weighted by Crippen LogP contribution is -2.31. The molecule has 3 aromatic rings. The van der Waals surface area contributed by atoms with E-state index in [0.717, 1.165) is 11.8 Å². The SMILES string of the molecule is COc1ccc(O)c(C(=O)c2coc(=N)c(C(=O)NC(C)c3ccccc3)c2)c1. The maximum Gasteiger partial charge on any atom is 0.257 e. The molecule has 0 saturated carbocycles. The number of ketones is 1. The van der Waals surface area contributed by atoms with Gasteiger partial charge in [-0.25, -0.2) is 0 Å². The van der Waals surface area contributed by atoms with Crippen molar-refractivity contribution in [1.82, 2.24) is 5.32 Å². The standard InChI is InChI=1S/C22H20N2O5/c1-13(14-6-4-3-5-7-14)24-22(27)18-10-15(12-29-21(18)23)20(26)17-11-16(28-2)8-9-19(17)25/h3-13,23,25H,1-2H3,(H,24,27). The predicted octanol–water partition coefficient (Wildman–Crippen LogP) is 3.20. The summed E-state index contributed by atoms with van der Waals surface area (Å²) < 4.78 is 10.2. The summed E-state index contributed by atoms with van der Waals surface area (Å²) in [5.41, 5.74) is 0.483. The van der Waals surface area contributed by atoms with Crippen molar-refractivity contribution in [3.8, 4) is 11.5 Å². The summed E-state index contributed by atoms with van der Waals surface area (Å²) in [7, 11) is 1.45. The number of rotatable bonds is 6. The molecule has 1 atom stereocenters. The van der Waals surface area contributed by atoms with Crippen LogP contribution < -0.4 is 15.6 Å². The largest absolute Gasteiger partial charge is 0.507 e. The van der Waals surface area contributed by atoms with Crippen molar-refractivity contribution in [1.29, 1.82) is 5.41 Å². The van der Waals surface area contributed by atoms with Crippen LogP contribution in [-0.4, -0.2) is 23.9 Å². The lowest BCUT2D eigenvalue weighted by Gasteiger charge is -2.14. The van der Waals surface area contributed by atoms with Gasteiger partial charge in [0, 0.05) is 0 Å². The van der Waals surface area contributed by atoms with Gasteiger partial charge in [0.1, 0.15) is 23.3 Å². The van der Waals surface area contributed by atoms with E-state index in [4.69, 9.17) is 14.6 Å². The van der Waals surface area contributed by atoms with E-state index in [1.807, 2.05) is 37.3 Å². The molecule has 0 aliphatic heterocycles. The molecule has 2 aromatic carbocycles.